The zero-order valence-corrected chi connectivity index (χ0v) is 15.0. The van der Waals surface area contributed by atoms with Crippen LogP contribution in [0.1, 0.15) is 13.8 Å². The first kappa shape index (κ1) is 17.2. The number of benzene rings is 2. The Kier molecular flexibility index (Phi) is 5.46. The number of nitrogens with one attached hydrogen (secondary N) is 1. The van der Waals surface area contributed by atoms with Gasteiger partial charge >= 0.3 is 6.09 Å². The first-order chi connectivity index (χ1) is 12.1. The van der Waals surface area contributed by atoms with Gasteiger partial charge in [-0.15, -0.1) is 11.3 Å². The Bertz CT molecular complexity index is 826. The molecule has 0 unspecified atom stereocenters. The fourth-order valence-electron chi connectivity index (χ4n) is 2.24. The lowest BCUT2D eigenvalue weighted by Crippen LogP contribution is -2.16. The Morgan fingerprint density at radius 2 is 1.80 bits per heavy atom. The Balaban J connectivity index is 1.67. The van der Waals surface area contributed by atoms with Gasteiger partial charge in [0.25, 0.3) is 0 Å². The third-order valence-corrected chi connectivity index (χ3v) is 4.39. The molecule has 1 N–H and O–H groups in total. The number of hydrogen-bond acceptors (Lipinski definition) is 4. The summed E-state index contributed by atoms with van der Waals surface area (Å²) < 4.78 is 5.11. The van der Waals surface area contributed by atoms with Gasteiger partial charge in [0.05, 0.1) is 12.3 Å². The average Bonchev–Trinajstić information content (AvgIpc) is 3.11. The van der Waals surface area contributed by atoms with E-state index in [0.29, 0.717) is 18.2 Å². The highest BCUT2D eigenvalue weighted by Crippen LogP contribution is 2.29. The average molecular weight is 352 g/mol. The van der Waals surface area contributed by atoms with E-state index >= 15 is 0 Å². The standard InChI is InChI=1S/C20H20N2O2S/c1-14(2)12-24-20(23)21-17-10-8-15(9-11-17)18-13-25-19(22-18)16-6-4-3-5-7-16/h3-11,13-14H,12H2,1-2H3,(H,21,23). The Hall–Kier alpha value is -2.66. The Morgan fingerprint density at radius 3 is 2.48 bits per heavy atom. The molecular weight excluding hydrogens is 332 g/mol. The van der Waals surface area contributed by atoms with Crippen LogP contribution in [-0.4, -0.2) is 17.7 Å². The van der Waals surface area contributed by atoms with E-state index < -0.39 is 6.09 Å². The molecule has 0 aliphatic carbocycles. The largest absolute Gasteiger partial charge is 0.449 e. The monoisotopic (exact) mass is 352 g/mol. The fourth-order valence-corrected chi connectivity index (χ4v) is 3.08. The minimum absolute atomic E-state index is 0.316. The lowest BCUT2D eigenvalue weighted by atomic mass is 10.1. The minimum Gasteiger partial charge on any atom is -0.449 e. The zero-order chi connectivity index (χ0) is 17.6. The minimum atomic E-state index is -0.429. The molecule has 3 rings (SSSR count). The SMILES string of the molecule is CC(C)COC(=O)Nc1ccc(-c2csc(-c3ccccc3)n2)cc1. The Morgan fingerprint density at radius 1 is 1.08 bits per heavy atom. The maximum Gasteiger partial charge on any atom is 0.411 e. The van der Waals surface area contributed by atoms with Crippen molar-refractivity contribution in [3.8, 4) is 21.8 Å². The summed E-state index contributed by atoms with van der Waals surface area (Å²) in [6, 6.07) is 17.7. The van der Waals surface area contributed by atoms with Crippen LogP contribution >= 0.6 is 11.3 Å². The predicted molar refractivity (Wildman–Crippen MR) is 103 cm³/mol. The molecule has 0 aliphatic rings. The van der Waals surface area contributed by atoms with Gasteiger partial charge in [0.1, 0.15) is 5.01 Å². The van der Waals surface area contributed by atoms with Gasteiger partial charge in [-0.2, -0.15) is 0 Å². The van der Waals surface area contributed by atoms with E-state index in [1.807, 2.05) is 61.7 Å². The lowest BCUT2D eigenvalue weighted by Gasteiger charge is -2.09. The summed E-state index contributed by atoms with van der Waals surface area (Å²) >= 11 is 1.62. The first-order valence-electron chi connectivity index (χ1n) is 8.17. The number of hydrogen-bond donors (Lipinski definition) is 1. The van der Waals surface area contributed by atoms with Gasteiger partial charge in [-0.05, 0) is 18.1 Å². The van der Waals surface area contributed by atoms with Gasteiger partial charge in [-0.1, -0.05) is 56.3 Å². The van der Waals surface area contributed by atoms with Crippen molar-refractivity contribution in [2.45, 2.75) is 13.8 Å². The molecular formula is C20H20N2O2S. The Labute approximate surface area is 151 Å². The summed E-state index contributed by atoms with van der Waals surface area (Å²) in [4.78, 5) is 16.4. The molecule has 1 aromatic heterocycles. The van der Waals surface area contributed by atoms with E-state index in [4.69, 9.17) is 9.72 Å². The van der Waals surface area contributed by atoms with Gasteiger partial charge in [0.15, 0.2) is 0 Å². The molecule has 0 aliphatic heterocycles. The third-order valence-electron chi connectivity index (χ3n) is 3.50. The molecule has 1 heterocycles. The highest BCUT2D eigenvalue weighted by Gasteiger charge is 2.08. The molecule has 3 aromatic rings. The number of ether oxygens (including phenoxy) is 1. The van der Waals surface area contributed by atoms with Crippen LogP contribution in [0.15, 0.2) is 60.0 Å². The molecule has 128 valence electrons. The van der Waals surface area contributed by atoms with Crippen LogP contribution in [0, 0.1) is 5.92 Å². The van der Waals surface area contributed by atoms with Crippen molar-refractivity contribution >= 4 is 23.1 Å². The van der Waals surface area contributed by atoms with Crippen LogP contribution < -0.4 is 5.32 Å². The molecule has 0 bridgehead atoms. The van der Waals surface area contributed by atoms with Gasteiger partial charge in [0, 0.05) is 22.2 Å². The molecule has 25 heavy (non-hydrogen) atoms. The van der Waals surface area contributed by atoms with E-state index in [1.54, 1.807) is 11.3 Å². The second-order valence-corrected chi connectivity index (χ2v) is 6.96. The van der Waals surface area contributed by atoms with E-state index in [2.05, 4.69) is 17.4 Å². The smallest absolute Gasteiger partial charge is 0.411 e. The number of rotatable bonds is 5. The van der Waals surface area contributed by atoms with Crippen molar-refractivity contribution in [3.05, 3.63) is 60.0 Å². The number of nitrogens with zero attached hydrogens (tertiary/aromatic N) is 1. The van der Waals surface area contributed by atoms with Crippen molar-refractivity contribution in [2.75, 3.05) is 11.9 Å². The van der Waals surface area contributed by atoms with E-state index in [-0.39, 0.29) is 0 Å². The van der Waals surface area contributed by atoms with Crippen molar-refractivity contribution in [2.24, 2.45) is 5.92 Å². The fraction of sp³-hybridized carbons (Fsp3) is 0.200. The van der Waals surface area contributed by atoms with Crippen molar-refractivity contribution in [1.82, 2.24) is 4.98 Å². The van der Waals surface area contributed by atoms with Crippen molar-refractivity contribution in [1.29, 1.82) is 0 Å². The topological polar surface area (TPSA) is 51.2 Å². The van der Waals surface area contributed by atoms with Crippen molar-refractivity contribution in [3.63, 3.8) is 0 Å². The molecule has 2 aromatic carbocycles. The summed E-state index contributed by atoms with van der Waals surface area (Å²) in [7, 11) is 0. The predicted octanol–water partition coefficient (Wildman–Crippen LogP) is 5.68. The number of carbonyl (C=O) groups excluding carboxylic acids is 1. The summed E-state index contributed by atoms with van der Waals surface area (Å²) in [5, 5.41) is 5.77. The molecule has 0 fully saturated rings. The van der Waals surface area contributed by atoms with E-state index in [0.717, 1.165) is 21.8 Å². The number of amides is 1. The maximum atomic E-state index is 11.7. The molecule has 0 radical (unpaired) electrons. The highest BCUT2D eigenvalue weighted by atomic mass is 32.1. The first-order valence-corrected chi connectivity index (χ1v) is 9.05. The summed E-state index contributed by atoms with van der Waals surface area (Å²) in [5.41, 5.74) is 3.76. The molecule has 1 amide bonds. The van der Waals surface area contributed by atoms with Crippen LogP contribution in [-0.2, 0) is 4.74 Å². The van der Waals surface area contributed by atoms with Crippen LogP contribution in [0.2, 0.25) is 0 Å². The van der Waals surface area contributed by atoms with Crippen molar-refractivity contribution < 1.29 is 9.53 Å². The second-order valence-electron chi connectivity index (χ2n) is 6.10. The summed E-state index contributed by atoms with van der Waals surface area (Å²) in [6.45, 7) is 4.41. The van der Waals surface area contributed by atoms with Gasteiger partial charge in [-0.3, -0.25) is 5.32 Å². The third kappa shape index (κ3) is 4.67. The number of carbonyl (C=O) groups is 1. The number of thiazole rings is 1. The van der Waals surface area contributed by atoms with Crippen LogP contribution in [0.3, 0.4) is 0 Å². The van der Waals surface area contributed by atoms with Gasteiger partial charge < -0.3 is 4.74 Å². The molecule has 5 heteroatoms. The number of anilines is 1. The highest BCUT2D eigenvalue weighted by molar-refractivity contribution is 7.13. The molecule has 0 atom stereocenters. The number of aromatic nitrogens is 1. The molecule has 4 nitrogen and oxygen atoms in total. The van der Waals surface area contributed by atoms with Gasteiger partial charge in [-0.25, -0.2) is 9.78 Å². The molecule has 0 saturated carbocycles. The zero-order valence-electron chi connectivity index (χ0n) is 14.2. The summed E-state index contributed by atoms with van der Waals surface area (Å²) in [6.07, 6.45) is -0.429. The quantitative estimate of drug-likeness (QED) is 0.642. The summed E-state index contributed by atoms with van der Waals surface area (Å²) in [5.74, 6) is 0.316. The van der Waals surface area contributed by atoms with E-state index in [1.165, 1.54) is 0 Å². The van der Waals surface area contributed by atoms with Crippen LogP contribution in [0.25, 0.3) is 21.8 Å². The van der Waals surface area contributed by atoms with Gasteiger partial charge in [0.2, 0.25) is 0 Å². The van der Waals surface area contributed by atoms with Crippen LogP contribution in [0.4, 0.5) is 10.5 Å². The molecule has 0 saturated heterocycles. The lowest BCUT2D eigenvalue weighted by molar-refractivity contribution is 0.147. The van der Waals surface area contributed by atoms with Crippen LogP contribution in [0.5, 0.6) is 0 Å². The second kappa shape index (κ2) is 7.94. The normalized spacial score (nSPS) is 10.7. The molecule has 0 spiro atoms. The van der Waals surface area contributed by atoms with E-state index in [9.17, 15) is 4.79 Å². The maximum absolute atomic E-state index is 11.7.